The van der Waals surface area contributed by atoms with Crippen LogP contribution in [0, 0.1) is 5.92 Å². The number of piperidine rings is 2. The fourth-order valence-corrected chi connectivity index (χ4v) is 5.10. The zero-order valence-corrected chi connectivity index (χ0v) is 19.8. The van der Waals surface area contributed by atoms with Crippen LogP contribution in [0.4, 0.5) is 0 Å². The molecule has 0 bridgehead atoms. The highest BCUT2D eigenvalue weighted by molar-refractivity contribution is 5.90. The molecule has 0 spiro atoms. The van der Waals surface area contributed by atoms with Crippen LogP contribution in [0.1, 0.15) is 51.0 Å². The molecular formula is C25H36N4O5. The molecule has 1 atom stereocenters. The first-order valence-electron chi connectivity index (χ1n) is 12.1. The monoisotopic (exact) mass is 472 g/mol. The number of benzene rings is 1. The van der Waals surface area contributed by atoms with Gasteiger partial charge in [0.05, 0.1) is 11.8 Å². The van der Waals surface area contributed by atoms with Crippen molar-refractivity contribution < 1.29 is 24.3 Å². The predicted octanol–water partition coefficient (Wildman–Crippen LogP) is 1.03. The van der Waals surface area contributed by atoms with E-state index in [4.69, 9.17) is 5.11 Å². The van der Waals surface area contributed by atoms with E-state index in [-0.39, 0.29) is 30.7 Å². The van der Waals surface area contributed by atoms with Crippen molar-refractivity contribution >= 4 is 23.7 Å². The average Bonchev–Trinajstić information content (AvgIpc) is 2.84. The number of carboxylic acids is 1. The Bertz CT molecular complexity index is 861. The number of likely N-dealkylation sites (tertiary alicyclic amines) is 1. The Labute approximate surface area is 200 Å². The van der Waals surface area contributed by atoms with E-state index < -0.39 is 17.4 Å². The van der Waals surface area contributed by atoms with Gasteiger partial charge in [-0.2, -0.15) is 0 Å². The van der Waals surface area contributed by atoms with Gasteiger partial charge in [0.2, 0.25) is 17.7 Å². The first-order valence-corrected chi connectivity index (χ1v) is 12.1. The van der Waals surface area contributed by atoms with Crippen LogP contribution in [0.5, 0.6) is 0 Å². The third-order valence-electron chi connectivity index (χ3n) is 7.02. The molecule has 3 rings (SSSR count). The molecule has 1 unspecified atom stereocenters. The van der Waals surface area contributed by atoms with Gasteiger partial charge in [-0.1, -0.05) is 30.3 Å². The van der Waals surface area contributed by atoms with Crippen LogP contribution >= 0.6 is 0 Å². The summed E-state index contributed by atoms with van der Waals surface area (Å²) in [4.78, 5) is 51.1. The second kappa shape index (κ2) is 12.0. The third kappa shape index (κ3) is 6.56. The number of hydrogen-bond donors (Lipinski definition) is 4. The van der Waals surface area contributed by atoms with Crippen LogP contribution in [-0.2, 0) is 24.6 Å². The zero-order valence-electron chi connectivity index (χ0n) is 19.8. The average molecular weight is 473 g/mol. The van der Waals surface area contributed by atoms with Crippen molar-refractivity contribution in [1.82, 2.24) is 20.9 Å². The summed E-state index contributed by atoms with van der Waals surface area (Å²) in [5, 5.41) is 17.9. The van der Waals surface area contributed by atoms with Crippen LogP contribution in [-0.4, -0.2) is 72.5 Å². The normalized spacial score (nSPS) is 19.1. The van der Waals surface area contributed by atoms with Gasteiger partial charge in [0, 0.05) is 26.6 Å². The van der Waals surface area contributed by atoms with Crippen molar-refractivity contribution in [3.63, 3.8) is 0 Å². The minimum atomic E-state index is -0.966. The molecule has 2 aliphatic rings. The van der Waals surface area contributed by atoms with Gasteiger partial charge in [-0.3, -0.25) is 19.2 Å². The van der Waals surface area contributed by atoms with Crippen molar-refractivity contribution in [3.8, 4) is 0 Å². The molecule has 2 fully saturated rings. The largest absolute Gasteiger partial charge is 0.481 e. The van der Waals surface area contributed by atoms with E-state index in [1.54, 1.807) is 4.90 Å². The van der Waals surface area contributed by atoms with Gasteiger partial charge in [0.25, 0.3) is 0 Å². The molecule has 2 saturated heterocycles. The van der Waals surface area contributed by atoms with E-state index in [1.165, 1.54) is 6.92 Å². The minimum Gasteiger partial charge on any atom is -0.481 e. The smallest absolute Gasteiger partial charge is 0.305 e. The number of amides is 3. The van der Waals surface area contributed by atoms with Crippen LogP contribution in [0.3, 0.4) is 0 Å². The number of rotatable bonds is 9. The fourth-order valence-electron chi connectivity index (χ4n) is 5.10. The molecule has 0 aliphatic carbocycles. The van der Waals surface area contributed by atoms with Crippen LogP contribution in [0.2, 0.25) is 0 Å². The summed E-state index contributed by atoms with van der Waals surface area (Å²) in [6, 6.07) is 8.90. The Hall–Kier alpha value is -2.94. The number of carbonyl (C=O) groups is 4. The lowest BCUT2D eigenvalue weighted by Gasteiger charge is -2.42. The quantitative estimate of drug-likeness (QED) is 0.425. The molecule has 0 saturated carbocycles. The van der Waals surface area contributed by atoms with E-state index in [0.717, 1.165) is 31.5 Å². The summed E-state index contributed by atoms with van der Waals surface area (Å²) < 4.78 is 0. The SMILES string of the molecule is CC(=O)NC(CC1CCNCC1)C(=O)N1CCC(C(=O)NCCC(=O)O)(c2ccccc2)CC1. The van der Waals surface area contributed by atoms with Gasteiger partial charge in [0.1, 0.15) is 6.04 Å². The summed E-state index contributed by atoms with van der Waals surface area (Å²) in [6.07, 6.45) is 3.31. The third-order valence-corrected chi connectivity index (χ3v) is 7.02. The Morgan fingerprint density at radius 1 is 1.12 bits per heavy atom. The van der Waals surface area contributed by atoms with Gasteiger partial charge >= 0.3 is 5.97 Å². The number of nitrogens with one attached hydrogen (secondary N) is 3. The van der Waals surface area contributed by atoms with E-state index in [2.05, 4.69) is 16.0 Å². The maximum absolute atomic E-state index is 13.4. The number of carboxylic acid groups (broad SMARTS) is 1. The predicted molar refractivity (Wildman–Crippen MR) is 127 cm³/mol. The molecular weight excluding hydrogens is 436 g/mol. The van der Waals surface area contributed by atoms with Crippen molar-refractivity contribution in [2.45, 2.75) is 56.9 Å². The Balaban J connectivity index is 1.71. The maximum atomic E-state index is 13.4. The molecule has 2 heterocycles. The number of aliphatic carboxylic acids is 1. The number of hydrogen-bond acceptors (Lipinski definition) is 5. The molecule has 1 aromatic rings. The molecule has 4 N–H and O–H groups in total. The van der Waals surface area contributed by atoms with Gasteiger partial charge in [0.15, 0.2) is 0 Å². The second-order valence-corrected chi connectivity index (χ2v) is 9.36. The summed E-state index contributed by atoms with van der Waals surface area (Å²) >= 11 is 0. The van der Waals surface area contributed by atoms with Crippen LogP contribution in [0.15, 0.2) is 30.3 Å². The van der Waals surface area contributed by atoms with Crippen molar-refractivity contribution in [1.29, 1.82) is 0 Å². The van der Waals surface area contributed by atoms with Crippen molar-refractivity contribution in [2.24, 2.45) is 5.92 Å². The van der Waals surface area contributed by atoms with E-state index in [1.807, 2.05) is 30.3 Å². The standard InChI is InChI=1S/C25H36N4O5/c1-18(30)28-21(17-19-7-12-26-13-8-19)23(33)29-15-10-25(11-16-29,20-5-3-2-4-6-20)24(34)27-14-9-22(31)32/h2-6,19,21,26H,7-17H2,1H3,(H,27,34)(H,28,30)(H,31,32). The lowest BCUT2D eigenvalue weighted by atomic mass is 9.71. The van der Waals surface area contributed by atoms with E-state index in [9.17, 15) is 19.2 Å². The highest BCUT2D eigenvalue weighted by Crippen LogP contribution is 2.36. The zero-order chi connectivity index (χ0) is 24.6. The van der Waals surface area contributed by atoms with Gasteiger partial charge in [-0.25, -0.2) is 0 Å². The molecule has 9 heteroatoms. The summed E-state index contributed by atoms with van der Waals surface area (Å²) in [7, 11) is 0. The van der Waals surface area contributed by atoms with Crippen molar-refractivity contribution in [3.05, 3.63) is 35.9 Å². The number of carbonyl (C=O) groups excluding carboxylic acids is 3. The van der Waals surface area contributed by atoms with E-state index in [0.29, 0.717) is 38.3 Å². The minimum absolute atomic E-state index is 0.0618. The van der Waals surface area contributed by atoms with Gasteiger partial charge in [-0.15, -0.1) is 0 Å². The molecule has 9 nitrogen and oxygen atoms in total. The highest BCUT2D eigenvalue weighted by Gasteiger charge is 2.44. The van der Waals surface area contributed by atoms with Crippen LogP contribution < -0.4 is 16.0 Å². The molecule has 0 radical (unpaired) electrons. The second-order valence-electron chi connectivity index (χ2n) is 9.36. The molecule has 2 aliphatic heterocycles. The molecule has 3 amide bonds. The van der Waals surface area contributed by atoms with Gasteiger partial charge < -0.3 is 26.0 Å². The van der Waals surface area contributed by atoms with E-state index >= 15 is 0 Å². The Morgan fingerprint density at radius 3 is 2.35 bits per heavy atom. The molecule has 1 aromatic carbocycles. The lowest BCUT2D eigenvalue weighted by Crippen LogP contribution is -2.56. The van der Waals surface area contributed by atoms with Crippen molar-refractivity contribution in [2.75, 3.05) is 32.7 Å². The summed E-state index contributed by atoms with van der Waals surface area (Å²) in [5.74, 6) is -1.11. The topological polar surface area (TPSA) is 128 Å². The van der Waals surface area contributed by atoms with Crippen LogP contribution in [0.25, 0.3) is 0 Å². The maximum Gasteiger partial charge on any atom is 0.305 e. The Morgan fingerprint density at radius 2 is 1.76 bits per heavy atom. The first kappa shape index (κ1) is 25.7. The summed E-state index contributed by atoms with van der Waals surface area (Å²) in [6.45, 7) is 4.12. The lowest BCUT2D eigenvalue weighted by molar-refractivity contribution is -0.140. The van der Waals surface area contributed by atoms with Gasteiger partial charge in [-0.05, 0) is 56.7 Å². The Kier molecular flexibility index (Phi) is 9.04. The molecule has 0 aromatic heterocycles. The molecule has 34 heavy (non-hydrogen) atoms. The molecule has 186 valence electrons. The number of nitrogens with zero attached hydrogens (tertiary/aromatic N) is 1. The fraction of sp³-hybridized carbons (Fsp3) is 0.600. The first-order chi connectivity index (χ1) is 16.3. The highest BCUT2D eigenvalue weighted by atomic mass is 16.4. The summed E-state index contributed by atoms with van der Waals surface area (Å²) in [5.41, 5.74) is 0.0396.